The number of benzene rings is 2. The van der Waals surface area contributed by atoms with Gasteiger partial charge in [-0.15, -0.1) is 0 Å². The Balaban J connectivity index is 1.48. The maximum Gasteiger partial charge on any atom is 0.252 e. The summed E-state index contributed by atoms with van der Waals surface area (Å²) in [5, 5.41) is 30.5. The molecule has 3 heterocycles. The summed E-state index contributed by atoms with van der Waals surface area (Å²) in [6, 6.07) is 20.5. The molecule has 0 bridgehead atoms. The highest BCUT2D eigenvalue weighted by molar-refractivity contribution is 5.84. The van der Waals surface area contributed by atoms with E-state index in [2.05, 4.69) is 50.2 Å². The minimum absolute atomic E-state index is 0.0558. The van der Waals surface area contributed by atoms with Crippen LogP contribution in [0.5, 0.6) is 0 Å². The van der Waals surface area contributed by atoms with Gasteiger partial charge < -0.3 is 30.9 Å². The summed E-state index contributed by atoms with van der Waals surface area (Å²) in [6.07, 6.45) is -3.53. The second-order valence-corrected chi connectivity index (χ2v) is 9.42. The topological polar surface area (TPSA) is 146 Å². The van der Waals surface area contributed by atoms with Crippen LogP contribution in [0.25, 0.3) is 11.2 Å². The van der Waals surface area contributed by atoms with E-state index >= 15 is 0 Å². The van der Waals surface area contributed by atoms with Crippen molar-refractivity contribution in [3.8, 4) is 0 Å². The van der Waals surface area contributed by atoms with Crippen molar-refractivity contribution in [3.63, 3.8) is 0 Å². The molecule has 4 aromatic rings. The van der Waals surface area contributed by atoms with Gasteiger partial charge in [-0.25, -0.2) is 15.0 Å². The number of nitrogens with zero attached hydrogens (tertiary/aromatic N) is 4. The molecule has 0 saturated carbocycles. The Bertz CT molecular complexity index is 1360. The summed E-state index contributed by atoms with van der Waals surface area (Å²) in [6.45, 7) is 3.09. The van der Waals surface area contributed by atoms with Crippen LogP contribution in [0.2, 0.25) is 0 Å². The summed E-state index contributed by atoms with van der Waals surface area (Å²) < 4.78 is 7.36. The number of carbonyl (C=O) groups is 1. The van der Waals surface area contributed by atoms with Gasteiger partial charge >= 0.3 is 0 Å². The summed E-state index contributed by atoms with van der Waals surface area (Å²) in [7, 11) is 1.80. The number of amides is 1. The highest BCUT2D eigenvalue weighted by Crippen LogP contribution is 2.33. The first-order chi connectivity index (χ1) is 19.0. The monoisotopic (exact) mass is 531 g/mol. The number of rotatable bonds is 10. The second kappa shape index (κ2) is 11.9. The third-order valence-corrected chi connectivity index (χ3v) is 6.80. The molecule has 11 nitrogen and oxygen atoms in total. The summed E-state index contributed by atoms with van der Waals surface area (Å²) in [4.78, 5) is 26.3. The van der Waals surface area contributed by atoms with Crippen molar-refractivity contribution in [2.24, 2.45) is 0 Å². The number of fused-ring (bicyclic) bond motifs is 1. The average molecular weight is 532 g/mol. The highest BCUT2D eigenvalue weighted by Gasteiger charge is 2.47. The fourth-order valence-electron chi connectivity index (χ4n) is 4.89. The van der Waals surface area contributed by atoms with E-state index < -0.39 is 30.4 Å². The number of ether oxygens (including phenoxy) is 1. The molecule has 1 aliphatic heterocycles. The van der Waals surface area contributed by atoms with E-state index in [0.717, 1.165) is 11.1 Å². The number of aromatic nitrogens is 4. The first kappa shape index (κ1) is 26.7. The number of aliphatic hydroxyl groups is 2. The SMILES string of the molecule is CCNC(=O)[C@H]1O[C@@H](n2cnc3c(NCC(c4ccccc4)c4ccccc4)nc(CNC)nc32)[C@H](O)[C@@H]1O. The van der Waals surface area contributed by atoms with Gasteiger partial charge in [0.25, 0.3) is 5.91 Å². The number of hydrogen-bond donors (Lipinski definition) is 5. The number of imidazole rings is 1. The molecular weight excluding hydrogens is 498 g/mol. The Morgan fingerprint density at radius 2 is 1.69 bits per heavy atom. The average Bonchev–Trinajstić information content (AvgIpc) is 3.51. The Morgan fingerprint density at radius 3 is 2.31 bits per heavy atom. The zero-order chi connectivity index (χ0) is 27.4. The molecule has 2 aromatic heterocycles. The summed E-state index contributed by atoms with van der Waals surface area (Å²) >= 11 is 0. The lowest BCUT2D eigenvalue weighted by Crippen LogP contribution is -2.42. The Labute approximate surface area is 226 Å². The Morgan fingerprint density at radius 1 is 1.03 bits per heavy atom. The maximum absolute atomic E-state index is 12.4. The van der Waals surface area contributed by atoms with Crippen LogP contribution >= 0.6 is 0 Å². The van der Waals surface area contributed by atoms with E-state index in [9.17, 15) is 15.0 Å². The van der Waals surface area contributed by atoms with E-state index in [-0.39, 0.29) is 5.92 Å². The molecule has 1 aliphatic rings. The zero-order valence-corrected chi connectivity index (χ0v) is 21.9. The Kier molecular flexibility index (Phi) is 8.13. The van der Waals surface area contributed by atoms with Crippen LogP contribution in [0.3, 0.4) is 0 Å². The van der Waals surface area contributed by atoms with Crippen LogP contribution in [0.1, 0.15) is 36.0 Å². The molecule has 0 spiro atoms. The van der Waals surface area contributed by atoms with Gasteiger partial charge in [-0.2, -0.15) is 0 Å². The smallest absolute Gasteiger partial charge is 0.252 e. The number of nitrogens with one attached hydrogen (secondary N) is 3. The molecule has 1 fully saturated rings. The van der Waals surface area contributed by atoms with E-state index in [1.54, 1.807) is 18.5 Å². The van der Waals surface area contributed by atoms with E-state index in [0.29, 0.717) is 42.4 Å². The maximum atomic E-state index is 12.4. The molecule has 0 radical (unpaired) electrons. The van der Waals surface area contributed by atoms with Crippen molar-refractivity contribution in [1.29, 1.82) is 0 Å². The van der Waals surface area contributed by atoms with Gasteiger partial charge in [0.2, 0.25) is 0 Å². The van der Waals surface area contributed by atoms with Crippen LogP contribution in [0, 0.1) is 0 Å². The van der Waals surface area contributed by atoms with Gasteiger partial charge in [-0.3, -0.25) is 9.36 Å². The lowest BCUT2D eigenvalue weighted by molar-refractivity contribution is -0.137. The molecule has 0 unspecified atom stereocenters. The first-order valence-electron chi connectivity index (χ1n) is 13.0. The van der Waals surface area contributed by atoms with Crippen molar-refractivity contribution in [2.45, 2.75) is 43.9 Å². The van der Waals surface area contributed by atoms with E-state index in [1.165, 1.54) is 6.33 Å². The predicted molar refractivity (Wildman–Crippen MR) is 146 cm³/mol. The third kappa shape index (κ3) is 5.48. The zero-order valence-electron chi connectivity index (χ0n) is 21.9. The van der Waals surface area contributed by atoms with Gasteiger partial charge in [0.15, 0.2) is 29.3 Å². The van der Waals surface area contributed by atoms with E-state index in [1.807, 2.05) is 36.4 Å². The molecule has 204 valence electrons. The number of carbonyl (C=O) groups excluding carboxylic acids is 1. The Hall–Kier alpha value is -3.90. The number of anilines is 1. The molecule has 0 aliphatic carbocycles. The third-order valence-electron chi connectivity index (χ3n) is 6.80. The number of aliphatic hydroxyl groups excluding tert-OH is 2. The molecule has 11 heteroatoms. The van der Waals surface area contributed by atoms with Crippen LogP contribution in [0.15, 0.2) is 67.0 Å². The van der Waals surface area contributed by atoms with Crippen molar-refractivity contribution in [2.75, 3.05) is 25.5 Å². The largest absolute Gasteiger partial charge is 0.387 e. The van der Waals surface area contributed by atoms with Gasteiger partial charge in [-0.05, 0) is 25.1 Å². The molecule has 39 heavy (non-hydrogen) atoms. The molecule has 2 aromatic carbocycles. The van der Waals surface area contributed by atoms with Crippen LogP contribution < -0.4 is 16.0 Å². The number of hydrogen-bond acceptors (Lipinski definition) is 9. The summed E-state index contributed by atoms with van der Waals surface area (Å²) in [5.74, 6) is 0.615. The second-order valence-electron chi connectivity index (χ2n) is 9.42. The van der Waals surface area contributed by atoms with E-state index in [4.69, 9.17) is 9.72 Å². The lowest BCUT2D eigenvalue weighted by Gasteiger charge is -2.20. The molecular formula is C28H33N7O4. The van der Waals surface area contributed by atoms with Gasteiger partial charge in [0, 0.05) is 19.0 Å². The van der Waals surface area contributed by atoms with Crippen LogP contribution in [0.4, 0.5) is 5.82 Å². The minimum Gasteiger partial charge on any atom is -0.387 e. The van der Waals surface area contributed by atoms with Crippen molar-refractivity contribution in [3.05, 3.63) is 83.9 Å². The van der Waals surface area contributed by atoms with Gasteiger partial charge in [-0.1, -0.05) is 60.7 Å². The fraction of sp³-hybridized carbons (Fsp3) is 0.357. The normalized spacial score (nSPS) is 20.9. The molecule has 1 saturated heterocycles. The quantitative estimate of drug-likeness (QED) is 0.206. The van der Waals surface area contributed by atoms with Crippen molar-refractivity contribution in [1.82, 2.24) is 30.2 Å². The van der Waals surface area contributed by atoms with Gasteiger partial charge in [0.1, 0.15) is 18.0 Å². The predicted octanol–water partition coefficient (Wildman–Crippen LogP) is 1.54. The van der Waals surface area contributed by atoms with Crippen molar-refractivity contribution >= 4 is 22.9 Å². The molecule has 5 rings (SSSR count). The molecule has 5 N–H and O–H groups in total. The first-order valence-corrected chi connectivity index (χ1v) is 13.0. The fourth-order valence-corrected chi connectivity index (χ4v) is 4.89. The van der Waals surface area contributed by atoms with Gasteiger partial charge in [0.05, 0.1) is 12.9 Å². The lowest BCUT2D eigenvalue weighted by atomic mass is 9.91. The van der Waals surface area contributed by atoms with Crippen LogP contribution in [-0.2, 0) is 16.1 Å². The summed E-state index contributed by atoms with van der Waals surface area (Å²) in [5.41, 5.74) is 3.23. The number of likely N-dealkylation sites (N-methyl/N-ethyl adjacent to an activating group) is 1. The minimum atomic E-state index is -1.40. The van der Waals surface area contributed by atoms with Crippen LogP contribution in [-0.4, -0.2) is 74.1 Å². The molecule has 1 amide bonds. The van der Waals surface area contributed by atoms with Crippen molar-refractivity contribution < 1.29 is 19.7 Å². The highest BCUT2D eigenvalue weighted by atomic mass is 16.6. The molecule has 4 atom stereocenters. The standard InChI is InChI=1S/C28H33N7O4/c1-3-30-27(38)24-22(36)23(37)28(39-24)35-16-32-21-25(33-20(15-29-2)34-26(21)35)31-14-19(17-10-6-4-7-11-17)18-12-8-5-9-13-18/h4-13,16,19,22-24,28-29,36-37H,3,14-15H2,1-2H3,(H,30,38)(H,31,33,34)/t22-,23+,24-,28+/m0/s1.